The number of piperidine rings is 1. The van der Waals surface area contributed by atoms with Gasteiger partial charge in [-0.2, -0.15) is 0 Å². The SMILES string of the molecule is C[C@@H](N)c1cncn1CC1CCN(C)CC1. The molecule has 1 aromatic rings. The second-order valence-corrected chi connectivity index (χ2v) is 5.01. The maximum absolute atomic E-state index is 5.92. The van der Waals surface area contributed by atoms with E-state index in [9.17, 15) is 0 Å². The maximum atomic E-state index is 5.92. The highest BCUT2D eigenvalue weighted by Crippen LogP contribution is 2.20. The molecule has 1 atom stereocenters. The summed E-state index contributed by atoms with van der Waals surface area (Å²) < 4.78 is 2.22. The van der Waals surface area contributed by atoms with Crippen LogP contribution in [0.5, 0.6) is 0 Å². The molecule has 90 valence electrons. The molecular weight excluding hydrogens is 200 g/mol. The summed E-state index contributed by atoms with van der Waals surface area (Å²) in [5.41, 5.74) is 7.07. The molecule has 0 saturated carbocycles. The second-order valence-electron chi connectivity index (χ2n) is 5.01. The van der Waals surface area contributed by atoms with Crippen molar-refractivity contribution in [3.05, 3.63) is 18.2 Å². The highest BCUT2D eigenvalue weighted by Gasteiger charge is 2.18. The summed E-state index contributed by atoms with van der Waals surface area (Å²) in [6, 6.07) is 0.0776. The molecule has 16 heavy (non-hydrogen) atoms. The average molecular weight is 222 g/mol. The molecule has 2 rings (SSSR count). The Kier molecular flexibility index (Phi) is 3.61. The molecule has 0 unspecified atom stereocenters. The van der Waals surface area contributed by atoms with Crippen LogP contribution >= 0.6 is 0 Å². The van der Waals surface area contributed by atoms with E-state index in [1.54, 1.807) is 0 Å². The van der Waals surface area contributed by atoms with Crippen LogP contribution < -0.4 is 5.73 Å². The highest BCUT2D eigenvalue weighted by molar-refractivity contribution is 5.03. The maximum Gasteiger partial charge on any atom is 0.0948 e. The van der Waals surface area contributed by atoms with Crippen LogP contribution in [-0.4, -0.2) is 34.6 Å². The summed E-state index contributed by atoms with van der Waals surface area (Å²) in [6.07, 6.45) is 6.37. The third kappa shape index (κ3) is 2.62. The first-order valence-electron chi connectivity index (χ1n) is 6.11. The van der Waals surface area contributed by atoms with Gasteiger partial charge in [-0.1, -0.05) is 0 Å². The Labute approximate surface area is 97.4 Å². The number of nitrogens with two attached hydrogens (primary N) is 1. The van der Waals surface area contributed by atoms with Gasteiger partial charge >= 0.3 is 0 Å². The first-order chi connectivity index (χ1) is 7.66. The normalized spacial score (nSPS) is 21.2. The van der Waals surface area contributed by atoms with Crippen molar-refractivity contribution in [1.29, 1.82) is 0 Å². The third-order valence-corrected chi connectivity index (χ3v) is 3.50. The fourth-order valence-corrected chi connectivity index (χ4v) is 2.39. The zero-order chi connectivity index (χ0) is 11.5. The summed E-state index contributed by atoms with van der Waals surface area (Å²) >= 11 is 0. The van der Waals surface area contributed by atoms with E-state index in [2.05, 4.69) is 21.5 Å². The lowest BCUT2D eigenvalue weighted by Gasteiger charge is -2.29. The predicted octanol–water partition coefficient (Wildman–Crippen LogP) is 1.24. The van der Waals surface area contributed by atoms with E-state index in [1.807, 2.05) is 19.4 Å². The van der Waals surface area contributed by atoms with Crippen LogP contribution in [0.4, 0.5) is 0 Å². The topological polar surface area (TPSA) is 47.1 Å². The minimum absolute atomic E-state index is 0.0776. The molecule has 4 heteroatoms. The number of imidazole rings is 1. The number of aromatic nitrogens is 2. The minimum atomic E-state index is 0.0776. The van der Waals surface area contributed by atoms with Gasteiger partial charge in [0.05, 0.1) is 12.0 Å². The molecule has 1 saturated heterocycles. The zero-order valence-corrected chi connectivity index (χ0v) is 10.3. The highest BCUT2D eigenvalue weighted by atomic mass is 15.1. The van der Waals surface area contributed by atoms with Gasteiger partial charge < -0.3 is 15.2 Å². The third-order valence-electron chi connectivity index (χ3n) is 3.50. The van der Waals surface area contributed by atoms with E-state index >= 15 is 0 Å². The molecule has 1 fully saturated rings. The Morgan fingerprint density at radius 2 is 2.19 bits per heavy atom. The van der Waals surface area contributed by atoms with Crippen LogP contribution in [0.15, 0.2) is 12.5 Å². The summed E-state index contributed by atoms with van der Waals surface area (Å²) in [5, 5.41) is 0. The van der Waals surface area contributed by atoms with Crippen molar-refractivity contribution >= 4 is 0 Å². The first-order valence-corrected chi connectivity index (χ1v) is 6.11. The van der Waals surface area contributed by atoms with Gasteiger partial charge in [-0.05, 0) is 45.8 Å². The molecule has 2 heterocycles. The van der Waals surface area contributed by atoms with Crippen LogP contribution in [0.25, 0.3) is 0 Å². The molecule has 0 aliphatic carbocycles. The Bertz CT molecular complexity index is 324. The lowest BCUT2D eigenvalue weighted by Crippen LogP contribution is -2.32. The number of hydrogen-bond acceptors (Lipinski definition) is 3. The Hall–Kier alpha value is -0.870. The minimum Gasteiger partial charge on any atom is -0.333 e. The van der Waals surface area contributed by atoms with Gasteiger partial charge in [-0.3, -0.25) is 0 Å². The molecule has 1 aromatic heterocycles. The second kappa shape index (κ2) is 4.97. The van der Waals surface area contributed by atoms with Crippen LogP contribution in [-0.2, 0) is 6.54 Å². The molecule has 1 aliphatic heterocycles. The van der Waals surface area contributed by atoms with Gasteiger partial charge in [-0.25, -0.2) is 4.98 Å². The quantitative estimate of drug-likeness (QED) is 0.837. The van der Waals surface area contributed by atoms with E-state index in [4.69, 9.17) is 5.73 Å². The molecule has 0 amide bonds. The number of hydrogen-bond donors (Lipinski definition) is 1. The van der Waals surface area contributed by atoms with Gasteiger partial charge in [0.1, 0.15) is 0 Å². The van der Waals surface area contributed by atoms with E-state index in [0.29, 0.717) is 0 Å². The van der Waals surface area contributed by atoms with E-state index in [1.165, 1.54) is 25.9 Å². The van der Waals surface area contributed by atoms with Gasteiger partial charge in [0, 0.05) is 18.8 Å². The van der Waals surface area contributed by atoms with E-state index < -0.39 is 0 Å². The zero-order valence-electron chi connectivity index (χ0n) is 10.3. The molecule has 4 nitrogen and oxygen atoms in total. The van der Waals surface area contributed by atoms with Crippen molar-refractivity contribution in [2.24, 2.45) is 11.7 Å². The predicted molar refractivity (Wildman–Crippen MR) is 65.1 cm³/mol. The fraction of sp³-hybridized carbons (Fsp3) is 0.750. The van der Waals surface area contributed by atoms with Crippen molar-refractivity contribution in [2.75, 3.05) is 20.1 Å². The standard InChI is InChI=1S/C12H22N4/c1-10(13)12-7-14-9-16(12)8-11-3-5-15(2)6-4-11/h7,9-11H,3-6,8,13H2,1-2H3/t10-/m1/s1. The van der Waals surface area contributed by atoms with Gasteiger partial charge in [0.25, 0.3) is 0 Å². The van der Waals surface area contributed by atoms with Gasteiger partial charge in [0.15, 0.2) is 0 Å². The van der Waals surface area contributed by atoms with Crippen molar-refractivity contribution in [3.63, 3.8) is 0 Å². The van der Waals surface area contributed by atoms with Crippen LogP contribution in [0.2, 0.25) is 0 Å². The molecule has 0 spiro atoms. The summed E-state index contributed by atoms with van der Waals surface area (Å²) in [7, 11) is 2.20. The van der Waals surface area contributed by atoms with Crippen LogP contribution in [0.1, 0.15) is 31.5 Å². The molecule has 0 bridgehead atoms. The molecule has 2 N–H and O–H groups in total. The Morgan fingerprint density at radius 1 is 1.50 bits per heavy atom. The summed E-state index contributed by atoms with van der Waals surface area (Å²) in [5.74, 6) is 0.780. The van der Waals surface area contributed by atoms with Crippen molar-refractivity contribution in [1.82, 2.24) is 14.5 Å². The molecule has 0 radical (unpaired) electrons. The first kappa shape index (κ1) is 11.6. The van der Waals surface area contributed by atoms with Gasteiger partial charge in [0.2, 0.25) is 0 Å². The van der Waals surface area contributed by atoms with E-state index in [0.717, 1.165) is 18.2 Å². The van der Waals surface area contributed by atoms with Crippen LogP contribution in [0.3, 0.4) is 0 Å². The molecular formula is C12H22N4. The fourth-order valence-electron chi connectivity index (χ4n) is 2.39. The summed E-state index contributed by atoms with van der Waals surface area (Å²) in [4.78, 5) is 6.60. The average Bonchev–Trinajstić information content (AvgIpc) is 2.69. The number of likely N-dealkylation sites (tertiary alicyclic amines) is 1. The number of rotatable bonds is 3. The monoisotopic (exact) mass is 222 g/mol. The lowest BCUT2D eigenvalue weighted by atomic mass is 9.97. The largest absolute Gasteiger partial charge is 0.333 e. The Morgan fingerprint density at radius 3 is 2.81 bits per heavy atom. The summed E-state index contributed by atoms with van der Waals surface area (Å²) in [6.45, 7) is 5.52. The smallest absolute Gasteiger partial charge is 0.0948 e. The molecule has 1 aliphatic rings. The van der Waals surface area contributed by atoms with Crippen molar-refractivity contribution in [3.8, 4) is 0 Å². The van der Waals surface area contributed by atoms with E-state index in [-0.39, 0.29) is 6.04 Å². The Balaban J connectivity index is 1.96. The van der Waals surface area contributed by atoms with Crippen LogP contribution in [0, 0.1) is 5.92 Å². The molecule has 0 aromatic carbocycles. The number of nitrogens with zero attached hydrogens (tertiary/aromatic N) is 3. The van der Waals surface area contributed by atoms with Crippen molar-refractivity contribution < 1.29 is 0 Å². The van der Waals surface area contributed by atoms with Crippen molar-refractivity contribution in [2.45, 2.75) is 32.4 Å². The lowest BCUT2D eigenvalue weighted by molar-refractivity contribution is 0.204. The van der Waals surface area contributed by atoms with Gasteiger partial charge in [-0.15, -0.1) is 0 Å².